The Morgan fingerprint density at radius 1 is 1.00 bits per heavy atom. The molecule has 0 spiro atoms. The molecule has 3 rings (SSSR count). The van der Waals surface area contributed by atoms with Crippen LogP contribution in [0.5, 0.6) is 0 Å². The van der Waals surface area contributed by atoms with Gasteiger partial charge in [-0.3, -0.25) is 9.59 Å². The summed E-state index contributed by atoms with van der Waals surface area (Å²) in [5.41, 5.74) is 4.46. The smallest absolute Gasteiger partial charge is 0.311 e. The van der Waals surface area contributed by atoms with Crippen molar-refractivity contribution in [2.24, 2.45) is 7.05 Å². The second kappa shape index (κ2) is 7.07. The van der Waals surface area contributed by atoms with E-state index in [0.29, 0.717) is 0 Å². The Balaban J connectivity index is 2.08. The van der Waals surface area contributed by atoms with Gasteiger partial charge in [0.15, 0.2) is 12.4 Å². The van der Waals surface area contributed by atoms with Crippen molar-refractivity contribution in [3.05, 3.63) is 47.8 Å². The highest BCUT2D eigenvalue weighted by atomic mass is 16.5. The van der Waals surface area contributed by atoms with E-state index in [1.807, 2.05) is 36.1 Å². The second-order valence-corrected chi connectivity index (χ2v) is 6.41. The van der Waals surface area contributed by atoms with Crippen molar-refractivity contribution in [2.75, 3.05) is 0 Å². The molecule has 26 heavy (non-hydrogen) atoms. The van der Waals surface area contributed by atoms with Gasteiger partial charge in [-0.2, -0.15) is 9.13 Å². The Labute approximate surface area is 151 Å². The number of hydrogen-bond donors (Lipinski definition) is 1. The summed E-state index contributed by atoms with van der Waals surface area (Å²) in [5, 5.41) is 10.9. The lowest BCUT2D eigenvalue weighted by molar-refractivity contribution is -0.708. The molecule has 0 amide bonds. The number of carbonyl (C=O) groups is 2. The van der Waals surface area contributed by atoms with E-state index in [-0.39, 0.29) is 19.6 Å². The minimum atomic E-state index is -1.01. The largest absolute Gasteiger partial charge is 0.481 e. The first kappa shape index (κ1) is 17.8. The summed E-state index contributed by atoms with van der Waals surface area (Å²) in [6, 6.07) is 8.09. The highest BCUT2D eigenvalue weighted by Crippen LogP contribution is 2.27. The molecule has 0 unspecified atom stereocenters. The molecule has 0 radical (unpaired) electrons. The molecule has 0 fully saturated rings. The third-order valence-corrected chi connectivity index (χ3v) is 4.75. The SMILES string of the molecule is Cc1c(C)c2ccc[n+](COC(=O)CCC(=O)O)c2c2c1ccc[n+]2C. The molecule has 6 heteroatoms. The van der Waals surface area contributed by atoms with Gasteiger partial charge in [-0.25, -0.2) is 0 Å². The van der Waals surface area contributed by atoms with E-state index < -0.39 is 11.9 Å². The molecule has 134 valence electrons. The quantitative estimate of drug-likeness (QED) is 0.433. The van der Waals surface area contributed by atoms with Crippen LogP contribution >= 0.6 is 0 Å². The van der Waals surface area contributed by atoms with Crippen LogP contribution in [0.3, 0.4) is 0 Å². The third-order valence-electron chi connectivity index (χ3n) is 4.75. The number of pyridine rings is 2. The monoisotopic (exact) mass is 354 g/mol. The molecule has 0 saturated carbocycles. The number of aromatic nitrogens is 2. The van der Waals surface area contributed by atoms with E-state index >= 15 is 0 Å². The van der Waals surface area contributed by atoms with Gasteiger partial charge in [0.2, 0.25) is 0 Å². The van der Waals surface area contributed by atoms with Gasteiger partial charge in [0.1, 0.15) is 7.05 Å². The molecule has 2 aromatic heterocycles. The Morgan fingerprint density at radius 3 is 2.27 bits per heavy atom. The van der Waals surface area contributed by atoms with Crippen molar-refractivity contribution in [1.82, 2.24) is 0 Å². The Hall–Kier alpha value is -3.02. The zero-order valence-electron chi connectivity index (χ0n) is 15.2. The standard InChI is InChI=1S/C20H21N2O4/c1-13-14(2)16-7-5-11-22(12-26-18(25)9-8-17(23)24)20(16)19-15(13)6-4-10-21(19)3/h4-7,10-11H,8-9,12H2,1-3H3/q+1/p+1. The molecule has 0 aliphatic heterocycles. The van der Waals surface area contributed by atoms with Gasteiger partial charge in [0, 0.05) is 12.1 Å². The molecule has 0 aliphatic carbocycles. The van der Waals surface area contributed by atoms with Crippen LogP contribution in [0.1, 0.15) is 24.0 Å². The van der Waals surface area contributed by atoms with Crippen molar-refractivity contribution >= 4 is 33.7 Å². The first-order valence-electron chi connectivity index (χ1n) is 8.47. The van der Waals surface area contributed by atoms with Gasteiger partial charge in [-0.05, 0) is 37.1 Å². The predicted octanol–water partition coefficient (Wildman–Crippen LogP) is 2.09. The van der Waals surface area contributed by atoms with Crippen molar-refractivity contribution in [2.45, 2.75) is 33.4 Å². The molecule has 0 saturated heterocycles. The van der Waals surface area contributed by atoms with Gasteiger partial charge in [0.05, 0.1) is 23.6 Å². The molecule has 3 aromatic rings. The summed E-state index contributed by atoms with van der Waals surface area (Å²) < 4.78 is 9.25. The summed E-state index contributed by atoms with van der Waals surface area (Å²) in [6.45, 7) is 4.25. The van der Waals surface area contributed by atoms with Crippen LogP contribution in [-0.2, 0) is 28.1 Å². The molecular formula is C20H22N2O4+2. The van der Waals surface area contributed by atoms with Crippen LogP contribution < -0.4 is 9.13 Å². The number of aryl methyl sites for hydroxylation is 3. The fourth-order valence-corrected chi connectivity index (χ4v) is 3.26. The van der Waals surface area contributed by atoms with E-state index in [9.17, 15) is 9.59 Å². The number of esters is 1. The number of nitrogens with zero attached hydrogens (tertiary/aromatic N) is 2. The number of carboxylic acid groups (broad SMARTS) is 1. The maximum Gasteiger partial charge on any atom is 0.311 e. The van der Waals surface area contributed by atoms with Crippen LogP contribution in [0.25, 0.3) is 21.8 Å². The van der Waals surface area contributed by atoms with Gasteiger partial charge in [-0.1, -0.05) is 0 Å². The molecule has 0 aliphatic rings. The lowest BCUT2D eigenvalue weighted by Gasteiger charge is -2.09. The summed E-state index contributed by atoms with van der Waals surface area (Å²) in [5.74, 6) is -1.53. The van der Waals surface area contributed by atoms with Crippen molar-refractivity contribution < 1.29 is 28.6 Å². The first-order valence-corrected chi connectivity index (χ1v) is 8.47. The lowest BCUT2D eigenvalue weighted by Crippen LogP contribution is -2.40. The van der Waals surface area contributed by atoms with E-state index in [0.717, 1.165) is 21.8 Å². The van der Waals surface area contributed by atoms with E-state index in [4.69, 9.17) is 9.84 Å². The number of ether oxygens (including phenoxy) is 1. The van der Waals surface area contributed by atoms with E-state index in [1.165, 1.54) is 11.1 Å². The number of benzene rings is 1. The summed E-state index contributed by atoms with van der Waals surface area (Å²) in [6.07, 6.45) is 3.50. The average Bonchev–Trinajstić information content (AvgIpc) is 2.62. The average molecular weight is 354 g/mol. The van der Waals surface area contributed by atoms with Gasteiger partial charge in [0.25, 0.3) is 17.8 Å². The molecule has 1 aromatic carbocycles. The highest BCUT2D eigenvalue weighted by Gasteiger charge is 2.24. The van der Waals surface area contributed by atoms with Gasteiger partial charge >= 0.3 is 11.9 Å². The van der Waals surface area contributed by atoms with Crippen LogP contribution in [0.2, 0.25) is 0 Å². The molecule has 6 nitrogen and oxygen atoms in total. The maximum absolute atomic E-state index is 11.8. The van der Waals surface area contributed by atoms with Crippen LogP contribution in [-0.4, -0.2) is 17.0 Å². The molecule has 2 heterocycles. The molecular weight excluding hydrogens is 332 g/mol. The van der Waals surface area contributed by atoms with Crippen molar-refractivity contribution in [3.63, 3.8) is 0 Å². The molecule has 0 bridgehead atoms. The number of carboxylic acids is 1. The highest BCUT2D eigenvalue weighted by molar-refractivity contribution is 6.02. The van der Waals surface area contributed by atoms with Crippen molar-refractivity contribution in [1.29, 1.82) is 0 Å². The van der Waals surface area contributed by atoms with Crippen LogP contribution in [0.4, 0.5) is 0 Å². The topological polar surface area (TPSA) is 71.4 Å². The minimum absolute atomic E-state index is 0.0439. The van der Waals surface area contributed by atoms with Crippen molar-refractivity contribution in [3.8, 4) is 0 Å². The normalized spacial score (nSPS) is 11.0. The number of fused-ring (bicyclic) bond motifs is 3. The van der Waals surface area contributed by atoms with E-state index in [2.05, 4.69) is 30.5 Å². The summed E-state index contributed by atoms with van der Waals surface area (Å²) in [4.78, 5) is 22.4. The van der Waals surface area contributed by atoms with Gasteiger partial charge in [-0.15, -0.1) is 0 Å². The zero-order chi connectivity index (χ0) is 18.8. The second-order valence-electron chi connectivity index (χ2n) is 6.41. The minimum Gasteiger partial charge on any atom is -0.481 e. The summed E-state index contributed by atoms with van der Waals surface area (Å²) in [7, 11) is 1.99. The molecule has 0 atom stereocenters. The summed E-state index contributed by atoms with van der Waals surface area (Å²) >= 11 is 0. The maximum atomic E-state index is 11.8. The Morgan fingerprint density at radius 2 is 1.62 bits per heavy atom. The fraction of sp³-hybridized carbons (Fsp3) is 0.300. The zero-order valence-corrected chi connectivity index (χ0v) is 15.2. The number of hydrogen-bond acceptors (Lipinski definition) is 3. The van der Waals surface area contributed by atoms with Gasteiger partial charge < -0.3 is 9.84 Å². The Kier molecular flexibility index (Phi) is 4.84. The van der Waals surface area contributed by atoms with E-state index in [1.54, 1.807) is 0 Å². The van der Waals surface area contributed by atoms with Crippen LogP contribution in [0, 0.1) is 13.8 Å². The van der Waals surface area contributed by atoms with Crippen LogP contribution in [0.15, 0.2) is 36.7 Å². The molecule has 1 N–H and O–H groups in total. The lowest BCUT2D eigenvalue weighted by atomic mass is 9.98. The number of rotatable bonds is 5. The first-order chi connectivity index (χ1) is 12.4. The Bertz CT molecular complexity index is 1030. The predicted molar refractivity (Wildman–Crippen MR) is 95.3 cm³/mol. The third kappa shape index (κ3) is 3.22. The number of aliphatic carboxylic acids is 1. The number of carbonyl (C=O) groups excluding carboxylic acids is 1. The fourth-order valence-electron chi connectivity index (χ4n) is 3.26.